The molecule has 1 aliphatic rings. The molecule has 0 spiro atoms. The molecule has 1 saturated heterocycles. The van der Waals surface area contributed by atoms with Crippen molar-refractivity contribution < 1.29 is 73.6 Å². The van der Waals surface area contributed by atoms with E-state index in [1.807, 2.05) is 6.61 Å². The van der Waals surface area contributed by atoms with Gasteiger partial charge in [-0.15, -0.1) is 5.92 Å². The SMILES string of the molecule is C[C@H]1[CH-]OC(Sc2ccc(N(C)C)cc2)C1.[Cs+]. The molecule has 0 radical (unpaired) electrons. The molecule has 0 aromatic heterocycles. The second kappa shape index (κ2) is 7.85. The molecule has 1 aromatic rings. The summed E-state index contributed by atoms with van der Waals surface area (Å²) in [4.78, 5) is 3.38. The van der Waals surface area contributed by atoms with Crippen molar-refractivity contribution in [1.29, 1.82) is 0 Å². The Kier molecular flexibility index (Phi) is 7.59. The first kappa shape index (κ1) is 16.4. The van der Waals surface area contributed by atoms with Gasteiger partial charge in [-0.3, -0.25) is 0 Å². The predicted octanol–water partition coefficient (Wildman–Crippen LogP) is 0.393. The maximum Gasteiger partial charge on any atom is 1.00 e. The molecule has 88 valence electrons. The minimum Gasteiger partial charge on any atom is -0.542 e. The van der Waals surface area contributed by atoms with Crippen LogP contribution in [0.2, 0.25) is 0 Å². The van der Waals surface area contributed by atoms with Crippen LogP contribution in [-0.4, -0.2) is 19.5 Å². The summed E-state index contributed by atoms with van der Waals surface area (Å²) >= 11 is 1.80. The number of hydrogen-bond acceptors (Lipinski definition) is 3. The summed E-state index contributed by atoms with van der Waals surface area (Å²) < 4.78 is 5.57. The smallest absolute Gasteiger partial charge is 0.542 e. The van der Waals surface area contributed by atoms with Gasteiger partial charge in [0, 0.05) is 24.7 Å². The number of ether oxygens (including phenoxy) is 1. The van der Waals surface area contributed by atoms with Crippen LogP contribution in [0.25, 0.3) is 0 Å². The predicted molar refractivity (Wildman–Crippen MR) is 69.6 cm³/mol. The Hall–Kier alpha value is 1.38. The zero-order chi connectivity index (χ0) is 11.5. The van der Waals surface area contributed by atoms with Crippen LogP contribution in [0.4, 0.5) is 5.69 Å². The molecule has 2 atom stereocenters. The topological polar surface area (TPSA) is 12.5 Å². The second-order valence-electron chi connectivity index (χ2n) is 4.42. The first-order valence-electron chi connectivity index (χ1n) is 5.58. The van der Waals surface area contributed by atoms with Crippen LogP contribution in [-0.2, 0) is 4.74 Å². The normalized spacial score (nSPS) is 23.2. The number of nitrogens with zero attached hydrogens (tertiary/aromatic N) is 1. The van der Waals surface area contributed by atoms with E-state index in [9.17, 15) is 0 Å². The third-order valence-electron chi connectivity index (χ3n) is 2.65. The zero-order valence-corrected chi connectivity index (χ0v) is 18.1. The van der Waals surface area contributed by atoms with E-state index >= 15 is 0 Å². The number of anilines is 1. The van der Waals surface area contributed by atoms with Gasteiger partial charge in [-0.25, -0.2) is 6.61 Å². The van der Waals surface area contributed by atoms with Crippen LogP contribution in [0, 0.1) is 12.5 Å². The van der Waals surface area contributed by atoms with Crippen LogP contribution in [0.5, 0.6) is 0 Å². The maximum atomic E-state index is 5.57. The molecular weight excluding hydrogens is 351 g/mol. The van der Waals surface area contributed by atoms with Crippen LogP contribution in [0.1, 0.15) is 13.3 Å². The van der Waals surface area contributed by atoms with Crippen molar-refractivity contribution in [2.24, 2.45) is 5.92 Å². The quantitative estimate of drug-likeness (QED) is 0.716. The van der Waals surface area contributed by atoms with Crippen LogP contribution in [0.3, 0.4) is 0 Å². The average Bonchev–Trinajstić information content (AvgIpc) is 2.65. The van der Waals surface area contributed by atoms with Gasteiger partial charge in [-0.1, -0.05) is 18.7 Å². The Morgan fingerprint density at radius 1 is 1.29 bits per heavy atom. The first-order chi connectivity index (χ1) is 7.65. The van der Waals surface area contributed by atoms with Gasteiger partial charge < -0.3 is 9.64 Å². The standard InChI is InChI=1S/C13H18NOS.Cs/c1-10-8-13(15-9-10)16-12-6-4-11(5-7-12)14(2)3;/h4-7,9-10,13H,8H2,1-3H3;/q-1;+1/t10-,13?;/m1./s1. The van der Waals surface area contributed by atoms with Crippen molar-refractivity contribution in [3.8, 4) is 0 Å². The molecule has 0 aliphatic carbocycles. The molecule has 0 N–H and O–H groups in total. The molecule has 0 amide bonds. The summed E-state index contributed by atoms with van der Waals surface area (Å²) in [5.74, 6) is 0.582. The minimum atomic E-state index is 0. The third-order valence-corrected chi connectivity index (χ3v) is 3.76. The Morgan fingerprint density at radius 3 is 2.41 bits per heavy atom. The van der Waals surface area contributed by atoms with Crippen molar-refractivity contribution in [1.82, 2.24) is 0 Å². The van der Waals surface area contributed by atoms with E-state index in [1.54, 1.807) is 11.8 Å². The number of benzene rings is 1. The largest absolute Gasteiger partial charge is 1.00 e. The van der Waals surface area contributed by atoms with Crippen molar-refractivity contribution in [2.45, 2.75) is 23.7 Å². The zero-order valence-electron chi connectivity index (χ0n) is 11.0. The van der Waals surface area contributed by atoms with Gasteiger partial charge in [0.15, 0.2) is 0 Å². The Labute approximate surface area is 167 Å². The molecular formula is C13H18CsNOS. The van der Waals surface area contributed by atoms with Gasteiger partial charge in [-0.05, 0) is 30.7 Å². The van der Waals surface area contributed by atoms with E-state index in [4.69, 9.17) is 4.74 Å². The number of rotatable bonds is 3. The molecule has 0 saturated carbocycles. The molecule has 1 aromatic carbocycles. The summed E-state index contributed by atoms with van der Waals surface area (Å²) in [5, 5.41) is 0. The van der Waals surface area contributed by atoms with Gasteiger partial charge >= 0.3 is 68.9 Å². The van der Waals surface area contributed by atoms with E-state index < -0.39 is 0 Å². The van der Waals surface area contributed by atoms with E-state index in [2.05, 4.69) is 50.2 Å². The molecule has 1 aliphatic heterocycles. The van der Waals surface area contributed by atoms with Gasteiger partial charge in [0.1, 0.15) is 0 Å². The Morgan fingerprint density at radius 2 is 1.94 bits per heavy atom. The molecule has 1 unspecified atom stereocenters. The van der Waals surface area contributed by atoms with Gasteiger partial charge in [0.25, 0.3) is 0 Å². The van der Waals surface area contributed by atoms with Crippen molar-refractivity contribution >= 4 is 17.4 Å². The number of thioether (sulfide) groups is 1. The first-order valence-corrected chi connectivity index (χ1v) is 6.46. The van der Waals surface area contributed by atoms with Crippen LogP contribution in [0.15, 0.2) is 29.2 Å². The second-order valence-corrected chi connectivity index (χ2v) is 5.65. The summed E-state index contributed by atoms with van der Waals surface area (Å²) in [6.07, 6.45) is 1.11. The molecule has 4 heteroatoms. The van der Waals surface area contributed by atoms with E-state index in [0.717, 1.165) is 6.42 Å². The van der Waals surface area contributed by atoms with Gasteiger partial charge in [0.05, 0.1) is 5.44 Å². The monoisotopic (exact) mass is 369 g/mol. The van der Waals surface area contributed by atoms with E-state index in [1.165, 1.54) is 10.6 Å². The molecule has 2 nitrogen and oxygen atoms in total. The number of hydrogen-bond donors (Lipinski definition) is 0. The fourth-order valence-corrected chi connectivity index (χ4v) is 2.80. The molecule has 17 heavy (non-hydrogen) atoms. The molecule has 1 heterocycles. The van der Waals surface area contributed by atoms with Crippen LogP contribution >= 0.6 is 11.8 Å². The van der Waals surface area contributed by atoms with Crippen LogP contribution < -0.4 is 73.8 Å². The van der Waals surface area contributed by atoms with E-state index in [0.29, 0.717) is 11.4 Å². The van der Waals surface area contributed by atoms with Crippen molar-refractivity contribution in [3.05, 3.63) is 30.9 Å². The fourth-order valence-electron chi connectivity index (χ4n) is 1.69. The summed E-state index contributed by atoms with van der Waals surface area (Å²) in [7, 11) is 4.11. The van der Waals surface area contributed by atoms with Crippen molar-refractivity contribution in [2.75, 3.05) is 19.0 Å². The molecule has 2 rings (SSSR count). The summed E-state index contributed by atoms with van der Waals surface area (Å²) in [6.45, 7) is 4.14. The Bertz CT molecular complexity index is 342. The van der Waals surface area contributed by atoms with E-state index in [-0.39, 0.29) is 68.9 Å². The Balaban J connectivity index is 0.00000144. The molecule has 1 fully saturated rings. The third kappa shape index (κ3) is 5.11. The van der Waals surface area contributed by atoms with Gasteiger partial charge in [0.2, 0.25) is 0 Å². The minimum absolute atomic E-state index is 0. The molecule has 0 bridgehead atoms. The maximum absolute atomic E-state index is 5.57. The average molecular weight is 369 g/mol. The fraction of sp³-hybridized carbons (Fsp3) is 0.462. The summed E-state index contributed by atoms with van der Waals surface area (Å²) in [6, 6.07) is 8.60. The van der Waals surface area contributed by atoms with Gasteiger partial charge in [-0.2, -0.15) is 0 Å². The van der Waals surface area contributed by atoms with Crippen molar-refractivity contribution in [3.63, 3.8) is 0 Å². The summed E-state index contributed by atoms with van der Waals surface area (Å²) in [5.41, 5.74) is 1.52.